The second-order valence-corrected chi connectivity index (χ2v) is 8.02. The maximum Gasteiger partial charge on any atom is 0.272 e. The summed E-state index contributed by atoms with van der Waals surface area (Å²) in [5.74, 6) is -1.14. The van der Waals surface area contributed by atoms with Crippen molar-refractivity contribution < 1.29 is 18.7 Å². The zero-order valence-electron chi connectivity index (χ0n) is 17.7. The van der Waals surface area contributed by atoms with Crippen molar-refractivity contribution in [3.05, 3.63) is 90.2 Å². The molecule has 1 heterocycles. The van der Waals surface area contributed by atoms with E-state index >= 15 is 0 Å². The first-order chi connectivity index (χ1) is 16.0. The summed E-state index contributed by atoms with van der Waals surface area (Å²) in [7, 11) is 1.60. The van der Waals surface area contributed by atoms with E-state index in [0.29, 0.717) is 10.8 Å². The van der Waals surface area contributed by atoms with Crippen molar-refractivity contribution in [3.63, 3.8) is 0 Å². The summed E-state index contributed by atoms with van der Waals surface area (Å²) in [6, 6.07) is 23.1. The van der Waals surface area contributed by atoms with E-state index in [-0.39, 0.29) is 11.3 Å². The lowest BCUT2D eigenvalue weighted by molar-refractivity contribution is -0.119. The Balaban J connectivity index is 1.49. The van der Waals surface area contributed by atoms with Crippen LogP contribution in [0.3, 0.4) is 0 Å². The predicted molar refractivity (Wildman–Crippen MR) is 126 cm³/mol. The van der Waals surface area contributed by atoms with Gasteiger partial charge in [-0.1, -0.05) is 54.2 Å². The van der Waals surface area contributed by atoms with Crippen LogP contribution in [-0.2, 0) is 4.79 Å². The molecule has 0 spiro atoms. The first kappa shape index (κ1) is 22.3. The first-order valence-electron chi connectivity index (χ1n) is 10.1. The molecular weight excluding hydrogens is 441 g/mol. The number of carbonyl (C=O) groups is 2. The number of carbonyl (C=O) groups excluding carboxylic acids is 2. The Morgan fingerprint density at radius 2 is 1.73 bits per heavy atom. The van der Waals surface area contributed by atoms with E-state index in [9.17, 15) is 14.0 Å². The van der Waals surface area contributed by atoms with Crippen LogP contribution in [-0.4, -0.2) is 29.7 Å². The lowest BCUT2D eigenvalue weighted by atomic mass is 10.0. The average Bonchev–Trinajstić information content (AvgIpc) is 2.85. The van der Waals surface area contributed by atoms with E-state index in [0.717, 1.165) is 22.0 Å². The molecule has 4 rings (SSSR count). The number of benzene rings is 3. The van der Waals surface area contributed by atoms with Crippen molar-refractivity contribution in [1.29, 1.82) is 0 Å². The van der Waals surface area contributed by atoms with Crippen LogP contribution in [0.5, 0.6) is 5.75 Å². The van der Waals surface area contributed by atoms with E-state index in [2.05, 4.69) is 15.8 Å². The molecule has 33 heavy (non-hydrogen) atoms. The molecule has 2 amide bonds. The SMILES string of the molecule is COc1ccc2c(-c3ccccc3)cc(SCC(=O)NNC(=O)c3ccccc3F)nc2c1. The van der Waals surface area contributed by atoms with E-state index in [4.69, 9.17) is 4.74 Å². The molecule has 2 N–H and O–H groups in total. The van der Waals surface area contributed by atoms with E-state index in [1.807, 2.05) is 54.6 Å². The van der Waals surface area contributed by atoms with Crippen LogP contribution in [0.25, 0.3) is 22.0 Å². The number of hydrogen-bond acceptors (Lipinski definition) is 5. The molecule has 0 atom stereocenters. The van der Waals surface area contributed by atoms with E-state index in [1.54, 1.807) is 13.2 Å². The Morgan fingerprint density at radius 1 is 0.970 bits per heavy atom. The highest BCUT2D eigenvalue weighted by Crippen LogP contribution is 2.33. The predicted octanol–water partition coefficient (Wildman–Crippen LogP) is 4.60. The molecule has 0 saturated heterocycles. The summed E-state index contributed by atoms with van der Waals surface area (Å²) in [6.07, 6.45) is 0. The van der Waals surface area contributed by atoms with Crippen molar-refractivity contribution in [2.45, 2.75) is 5.03 Å². The summed E-state index contributed by atoms with van der Waals surface area (Å²) >= 11 is 1.23. The Hall–Kier alpha value is -3.91. The highest BCUT2D eigenvalue weighted by atomic mass is 32.2. The molecule has 6 nitrogen and oxygen atoms in total. The zero-order chi connectivity index (χ0) is 23.2. The third-order valence-electron chi connectivity index (χ3n) is 4.86. The third kappa shape index (κ3) is 5.30. The molecule has 0 bridgehead atoms. The summed E-state index contributed by atoms with van der Waals surface area (Å²) in [6.45, 7) is 0. The number of methoxy groups -OCH3 is 1. The highest BCUT2D eigenvalue weighted by molar-refractivity contribution is 7.99. The maximum absolute atomic E-state index is 13.7. The van der Waals surface area contributed by atoms with Crippen LogP contribution in [0.1, 0.15) is 10.4 Å². The van der Waals surface area contributed by atoms with Crippen molar-refractivity contribution >= 4 is 34.5 Å². The molecule has 0 saturated carbocycles. The monoisotopic (exact) mass is 461 g/mol. The number of nitrogens with one attached hydrogen (secondary N) is 2. The minimum Gasteiger partial charge on any atom is -0.497 e. The fraction of sp³-hybridized carbons (Fsp3) is 0.0800. The number of pyridine rings is 1. The fourth-order valence-electron chi connectivity index (χ4n) is 3.26. The average molecular weight is 462 g/mol. The Bertz CT molecular complexity index is 1320. The topological polar surface area (TPSA) is 80.3 Å². The van der Waals surface area contributed by atoms with Gasteiger partial charge in [0.25, 0.3) is 5.91 Å². The normalized spacial score (nSPS) is 10.6. The molecule has 166 valence electrons. The van der Waals surface area contributed by atoms with Gasteiger partial charge in [-0.05, 0) is 41.5 Å². The molecule has 8 heteroatoms. The zero-order valence-corrected chi connectivity index (χ0v) is 18.5. The van der Waals surface area contributed by atoms with Gasteiger partial charge < -0.3 is 4.74 Å². The van der Waals surface area contributed by atoms with Crippen LogP contribution < -0.4 is 15.6 Å². The van der Waals surface area contributed by atoms with E-state index in [1.165, 1.54) is 30.0 Å². The lowest BCUT2D eigenvalue weighted by Crippen LogP contribution is -2.42. The molecule has 0 radical (unpaired) electrons. The van der Waals surface area contributed by atoms with Gasteiger partial charge in [-0.15, -0.1) is 0 Å². The summed E-state index contributed by atoms with van der Waals surface area (Å²) in [5, 5.41) is 1.61. The number of amides is 2. The molecule has 1 aromatic heterocycles. The fourth-order valence-corrected chi connectivity index (χ4v) is 3.97. The van der Waals surface area contributed by atoms with Crippen LogP contribution in [0, 0.1) is 5.82 Å². The smallest absolute Gasteiger partial charge is 0.272 e. The van der Waals surface area contributed by atoms with Gasteiger partial charge in [0, 0.05) is 11.5 Å². The first-order valence-corrected chi connectivity index (χ1v) is 11.0. The number of hydrogen-bond donors (Lipinski definition) is 2. The Kier molecular flexibility index (Phi) is 6.85. The van der Waals surface area contributed by atoms with E-state index < -0.39 is 17.6 Å². The molecule has 0 fully saturated rings. The summed E-state index contributed by atoms with van der Waals surface area (Å²) < 4.78 is 19.0. The second-order valence-electron chi connectivity index (χ2n) is 7.03. The van der Waals surface area contributed by atoms with Crippen LogP contribution in [0.2, 0.25) is 0 Å². The van der Waals surface area contributed by atoms with Crippen molar-refractivity contribution in [2.75, 3.05) is 12.9 Å². The standard InChI is InChI=1S/C25H20FN3O3S/c1-32-17-11-12-18-20(16-7-3-2-4-8-16)14-24(27-22(18)13-17)33-15-23(30)28-29-25(31)19-9-5-6-10-21(19)26/h2-14H,15H2,1H3,(H,28,30)(H,29,31). The molecule has 0 aliphatic rings. The van der Waals surface area contributed by atoms with Gasteiger partial charge in [0.05, 0.1) is 29.0 Å². The maximum atomic E-state index is 13.7. The number of halogens is 1. The number of thioether (sulfide) groups is 1. The quantitative estimate of drug-likeness (QED) is 0.324. The molecule has 3 aromatic carbocycles. The van der Waals surface area contributed by atoms with Crippen LogP contribution in [0.4, 0.5) is 4.39 Å². The highest BCUT2D eigenvalue weighted by Gasteiger charge is 2.13. The van der Waals surface area contributed by atoms with Crippen molar-refractivity contribution in [3.8, 4) is 16.9 Å². The van der Waals surface area contributed by atoms with Crippen LogP contribution in [0.15, 0.2) is 83.9 Å². The van der Waals surface area contributed by atoms with Gasteiger partial charge in [-0.25, -0.2) is 9.37 Å². The molecule has 0 unspecified atom stereocenters. The molecular formula is C25H20FN3O3S. The van der Waals surface area contributed by atoms with Gasteiger partial charge in [-0.2, -0.15) is 0 Å². The second kappa shape index (κ2) is 10.1. The Labute approximate surface area is 194 Å². The molecule has 4 aromatic rings. The summed E-state index contributed by atoms with van der Waals surface area (Å²) in [5.41, 5.74) is 7.14. The number of fused-ring (bicyclic) bond motifs is 1. The number of nitrogens with zero attached hydrogens (tertiary/aromatic N) is 1. The minimum absolute atomic E-state index is 0.00819. The number of hydrazine groups is 1. The van der Waals surface area contributed by atoms with Crippen molar-refractivity contribution in [2.24, 2.45) is 0 Å². The van der Waals surface area contributed by atoms with Gasteiger partial charge >= 0.3 is 0 Å². The lowest BCUT2D eigenvalue weighted by Gasteiger charge is -2.11. The van der Waals surface area contributed by atoms with Gasteiger partial charge in [-0.3, -0.25) is 20.4 Å². The van der Waals surface area contributed by atoms with Crippen LogP contribution >= 0.6 is 11.8 Å². The largest absolute Gasteiger partial charge is 0.497 e. The number of rotatable bonds is 6. The van der Waals surface area contributed by atoms with Crippen molar-refractivity contribution in [1.82, 2.24) is 15.8 Å². The molecule has 0 aliphatic heterocycles. The third-order valence-corrected chi connectivity index (χ3v) is 5.77. The minimum atomic E-state index is -0.728. The van der Waals surface area contributed by atoms with Gasteiger partial charge in [0.1, 0.15) is 11.6 Å². The van der Waals surface area contributed by atoms with Gasteiger partial charge in [0.2, 0.25) is 5.91 Å². The number of ether oxygens (including phenoxy) is 1. The molecule has 0 aliphatic carbocycles. The Morgan fingerprint density at radius 3 is 2.48 bits per heavy atom. The summed E-state index contributed by atoms with van der Waals surface area (Å²) in [4.78, 5) is 29.0. The number of aromatic nitrogens is 1. The van der Waals surface area contributed by atoms with Gasteiger partial charge in [0.15, 0.2) is 0 Å².